The third-order valence-electron chi connectivity index (χ3n) is 4.82. The number of amides is 2. The molecule has 2 aromatic rings. The Hall–Kier alpha value is -1.75. The molecule has 30 heavy (non-hydrogen) atoms. The van der Waals surface area contributed by atoms with Crippen LogP contribution in [0.5, 0.6) is 0 Å². The van der Waals surface area contributed by atoms with Crippen molar-refractivity contribution in [2.24, 2.45) is 0 Å². The van der Waals surface area contributed by atoms with E-state index in [2.05, 4.69) is 12.2 Å². The minimum atomic E-state index is -0.562. The monoisotopic (exact) mass is 468 g/mol. The van der Waals surface area contributed by atoms with Gasteiger partial charge in [0.05, 0.1) is 16.5 Å². The first-order valence-electron chi connectivity index (χ1n) is 10.1. The molecule has 0 bridgehead atoms. The summed E-state index contributed by atoms with van der Waals surface area (Å²) in [5, 5.41) is 4.41. The highest BCUT2D eigenvalue weighted by Crippen LogP contribution is 2.24. The molecule has 4 nitrogen and oxygen atoms in total. The summed E-state index contributed by atoms with van der Waals surface area (Å²) >= 11 is 18.1. The standard InChI is InChI=1S/C23H27Cl3N2O2/c1-3-5-12-27-23(30)21(4-2)28(15-16-6-9-18(24)10-7-16)22(29)14-17-8-11-19(25)20(26)13-17/h6-11,13,21H,3-5,12,14-15H2,1-2H3,(H,27,30). The van der Waals surface area contributed by atoms with Gasteiger partial charge in [-0.3, -0.25) is 9.59 Å². The van der Waals surface area contributed by atoms with E-state index in [4.69, 9.17) is 34.8 Å². The summed E-state index contributed by atoms with van der Waals surface area (Å²) in [6.07, 6.45) is 2.53. The van der Waals surface area contributed by atoms with Crippen molar-refractivity contribution < 1.29 is 9.59 Å². The molecule has 0 saturated heterocycles. The zero-order chi connectivity index (χ0) is 22.1. The number of carbonyl (C=O) groups is 2. The van der Waals surface area contributed by atoms with Gasteiger partial charge in [-0.15, -0.1) is 0 Å². The Balaban J connectivity index is 2.25. The summed E-state index contributed by atoms with van der Waals surface area (Å²) in [5.41, 5.74) is 1.65. The summed E-state index contributed by atoms with van der Waals surface area (Å²) in [4.78, 5) is 27.7. The number of carbonyl (C=O) groups excluding carboxylic acids is 2. The van der Waals surface area contributed by atoms with E-state index >= 15 is 0 Å². The average Bonchev–Trinajstić information content (AvgIpc) is 2.72. The summed E-state index contributed by atoms with van der Waals surface area (Å²) < 4.78 is 0. The highest BCUT2D eigenvalue weighted by Gasteiger charge is 2.28. The number of rotatable bonds is 10. The maximum absolute atomic E-state index is 13.3. The van der Waals surface area contributed by atoms with Crippen LogP contribution in [0.3, 0.4) is 0 Å². The van der Waals surface area contributed by atoms with Crippen LogP contribution in [0.15, 0.2) is 42.5 Å². The predicted molar refractivity (Wildman–Crippen MR) is 124 cm³/mol. The van der Waals surface area contributed by atoms with Crippen LogP contribution in [0.1, 0.15) is 44.2 Å². The lowest BCUT2D eigenvalue weighted by molar-refractivity contribution is -0.140. The molecule has 1 N–H and O–H groups in total. The van der Waals surface area contributed by atoms with E-state index in [0.29, 0.717) is 34.6 Å². The zero-order valence-corrected chi connectivity index (χ0v) is 19.5. The van der Waals surface area contributed by atoms with E-state index in [1.807, 2.05) is 19.1 Å². The minimum Gasteiger partial charge on any atom is -0.354 e. The quantitative estimate of drug-likeness (QED) is 0.440. The van der Waals surface area contributed by atoms with E-state index in [9.17, 15) is 9.59 Å². The van der Waals surface area contributed by atoms with Crippen LogP contribution in [-0.2, 0) is 22.6 Å². The van der Waals surface area contributed by atoms with Gasteiger partial charge in [0.2, 0.25) is 11.8 Å². The molecule has 0 heterocycles. The fourth-order valence-corrected chi connectivity index (χ4v) is 3.58. The Morgan fingerprint density at radius 3 is 2.23 bits per heavy atom. The molecule has 2 rings (SSSR count). The molecule has 0 aliphatic rings. The molecule has 2 aromatic carbocycles. The normalized spacial score (nSPS) is 11.8. The van der Waals surface area contributed by atoms with Gasteiger partial charge in [-0.1, -0.05) is 73.3 Å². The predicted octanol–water partition coefficient (Wildman–Crippen LogP) is 5.91. The molecule has 1 atom stereocenters. The first kappa shape index (κ1) is 24.5. The van der Waals surface area contributed by atoms with E-state index < -0.39 is 6.04 Å². The number of unbranched alkanes of at least 4 members (excludes halogenated alkanes) is 1. The van der Waals surface area contributed by atoms with Gasteiger partial charge >= 0.3 is 0 Å². The molecule has 0 aliphatic carbocycles. The first-order chi connectivity index (χ1) is 14.3. The number of nitrogens with one attached hydrogen (secondary N) is 1. The highest BCUT2D eigenvalue weighted by atomic mass is 35.5. The Morgan fingerprint density at radius 2 is 1.63 bits per heavy atom. The molecule has 162 valence electrons. The van der Waals surface area contributed by atoms with Crippen LogP contribution in [-0.4, -0.2) is 29.3 Å². The highest BCUT2D eigenvalue weighted by molar-refractivity contribution is 6.42. The van der Waals surface area contributed by atoms with Gasteiger partial charge in [-0.05, 0) is 48.2 Å². The van der Waals surface area contributed by atoms with Crippen molar-refractivity contribution in [1.82, 2.24) is 10.2 Å². The van der Waals surface area contributed by atoms with E-state index in [0.717, 1.165) is 24.0 Å². The second-order valence-corrected chi connectivity index (χ2v) is 8.39. The van der Waals surface area contributed by atoms with Crippen molar-refractivity contribution >= 4 is 46.6 Å². The number of nitrogens with zero attached hydrogens (tertiary/aromatic N) is 1. The second kappa shape index (κ2) is 12.2. The molecule has 0 saturated carbocycles. The summed E-state index contributed by atoms with van der Waals surface area (Å²) in [7, 11) is 0. The fourth-order valence-electron chi connectivity index (χ4n) is 3.14. The van der Waals surface area contributed by atoms with Crippen LogP contribution in [0.25, 0.3) is 0 Å². The third kappa shape index (κ3) is 7.19. The van der Waals surface area contributed by atoms with Crippen LogP contribution in [0.2, 0.25) is 15.1 Å². The number of benzene rings is 2. The summed E-state index contributed by atoms with van der Waals surface area (Å²) in [6.45, 7) is 4.89. The van der Waals surface area contributed by atoms with Crippen molar-refractivity contribution in [3.8, 4) is 0 Å². The number of hydrogen-bond donors (Lipinski definition) is 1. The molecular formula is C23H27Cl3N2O2. The Kier molecular flexibility index (Phi) is 9.96. The van der Waals surface area contributed by atoms with Crippen LogP contribution in [0.4, 0.5) is 0 Å². The largest absolute Gasteiger partial charge is 0.354 e. The maximum atomic E-state index is 13.3. The molecule has 2 amide bonds. The second-order valence-electron chi connectivity index (χ2n) is 7.14. The van der Waals surface area contributed by atoms with Crippen LogP contribution < -0.4 is 5.32 Å². The smallest absolute Gasteiger partial charge is 0.242 e. The van der Waals surface area contributed by atoms with E-state index in [1.54, 1.807) is 35.2 Å². The molecule has 0 spiro atoms. The molecule has 0 fully saturated rings. The Labute approximate surface area is 193 Å². The Morgan fingerprint density at radius 1 is 0.967 bits per heavy atom. The number of hydrogen-bond acceptors (Lipinski definition) is 2. The van der Waals surface area contributed by atoms with Crippen molar-refractivity contribution in [3.63, 3.8) is 0 Å². The number of halogens is 3. The van der Waals surface area contributed by atoms with Crippen molar-refractivity contribution in [2.75, 3.05) is 6.54 Å². The minimum absolute atomic E-state index is 0.128. The fraction of sp³-hybridized carbons (Fsp3) is 0.391. The third-order valence-corrected chi connectivity index (χ3v) is 5.81. The van der Waals surface area contributed by atoms with Gasteiger partial charge in [0.25, 0.3) is 0 Å². The Bertz CT molecular complexity index is 856. The van der Waals surface area contributed by atoms with E-state index in [-0.39, 0.29) is 18.2 Å². The lowest BCUT2D eigenvalue weighted by Crippen LogP contribution is -2.49. The van der Waals surface area contributed by atoms with Crippen molar-refractivity contribution in [3.05, 3.63) is 68.7 Å². The molecule has 1 unspecified atom stereocenters. The molecular weight excluding hydrogens is 443 g/mol. The molecule has 0 aliphatic heterocycles. The average molecular weight is 470 g/mol. The zero-order valence-electron chi connectivity index (χ0n) is 17.3. The van der Waals surface area contributed by atoms with E-state index in [1.165, 1.54) is 0 Å². The SMILES string of the molecule is CCCCNC(=O)C(CC)N(Cc1ccc(Cl)cc1)C(=O)Cc1ccc(Cl)c(Cl)c1. The molecule has 7 heteroatoms. The maximum Gasteiger partial charge on any atom is 0.242 e. The van der Waals surface area contributed by atoms with Crippen molar-refractivity contribution in [2.45, 2.75) is 52.1 Å². The molecule has 0 radical (unpaired) electrons. The van der Waals surface area contributed by atoms with Gasteiger partial charge < -0.3 is 10.2 Å². The lowest BCUT2D eigenvalue weighted by atomic mass is 10.1. The summed E-state index contributed by atoms with van der Waals surface area (Å²) in [5.74, 6) is -0.289. The van der Waals surface area contributed by atoms with Crippen molar-refractivity contribution in [1.29, 1.82) is 0 Å². The van der Waals surface area contributed by atoms with Gasteiger partial charge in [0, 0.05) is 18.1 Å². The van der Waals surface area contributed by atoms with Gasteiger partial charge in [0.1, 0.15) is 6.04 Å². The van der Waals surface area contributed by atoms with Gasteiger partial charge in [-0.25, -0.2) is 0 Å². The lowest BCUT2D eigenvalue weighted by Gasteiger charge is -2.31. The first-order valence-corrected chi connectivity index (χ1v) is 11.2. The van der Waals surface area contributed by atoms with Crippen LogP contribution in [0, 0.1) is 0 Å². The topological polar surface area (TPSA) is 49.4 Å². The summed E-state index contributed by atoms with van der Waals surface area (Å²) in [6, 6.07) is 11.9. The van der Waals surface area contributed by atoms with Gasteiger partial charge in [0.15, 0.2) is 0 Å². The molecule has 0 aromatic heterocycles. The van der Waals surface area contributed by atoms with Crippen LogP contribution >= 0.6 is 34.8 Å². The van der Waals surface area contributed by atoms with Gasteiger partial charge in [-0.2, -0.15) is 0 Å².